The second kappa shape index (κ2) is 13.5. The van der Waals surface area contributed by atoms with Gasteiger partial charge in [0.1, 0.15) is 44.9 Å². The second-order valence-corrected chi connectivity index (χ2v) is 13.4. The number of imidazole rings is 2. The molecule has 0 spiro atoms. The fourth-order valence-corrected chi connectivity index (χ4v) is 7.57. The third kappa shape index (κ3) is 6.07. The predicted octanol–water partition coefficient (Wildman–Crippen LogP) is 7.65. The average molecular weight is 682 g/mol. The zero-order chi connectivity index (χ0) is 34.0. The molecule has 0 atom stereocenters. The van der Waals surface area contributed by atoms with Crippen LogP contribution in [0, 0.1) is 5.92 Å². The summed E-state index contributed by atoms with van der Waals surface area (Å²) in [7, 11) is 1.93. The van der Waals surface area contributed by atoms with Crippen LogP contribution in [0.5, 0.6) is 0 Å². The van der Waals surface area contributed by atoms with Crippen LogP contribution in [0.25, 0.3) is 66.1 Å². The summed E-state index contributed by atoms with van der Waals surface area (Å²) in [6.45, 7) is 0.978. The first-order chi connectivity index (χ1) is 24.5. The SMILES string of the molecule is Cn1cnc(-c2ccccc2)c1-c1cc2ncnc(N)c2o1.Nc1ncnc2sc(-c3c(-c4ccccc4)ncn3CC3CCCCC3)nc12. The van der Waals surface area contributed by atoms with Gasteiger partial charge in [-0.15, -0.1) is 0 Å². The molecule has 0 saturated heterocycles. The number of hydrogen-bond donors (Lipinski definition) is 2. The molecule has 6 heterocycles. The number of nitrogen functional groups attached to an aromatic ring is 2. The Hall–Kier alpha value is -5.95. The van der Waals surface area contributed by atoms with Gasteiger partial charge in [0.25, 0.3) is 0 Å². The molecule has 1 aliphatic rings. The van der Waals surface area contributed by atoms with Crippen LogP contribution in [0.4, 0.5) is 11.6 Å². The maximum absolute atomic E-state index is 6.03. The van der Waals surface area contributed by atoms with Crippen LogP contribution in [0.2, 0.25) is 0 Å². The molecule has 50 heavy (non-hydrogen) atoms. The highest BCUT2D eigenvalue weighted by molar-refractivity contribution is 7.21. The fourth-order valence-electron chi connectivity index (χ4n) is 6.59. The zero-order valence-electron chi connectivity index (χ0n) is 27.5. The number of fused-ring (bicyclic) bond motifs is 2. The molecule has 250 valence electrons. The van der Waals surface area contributed by atoms with Gasteiger partial charge in [-0.2, -0.15) is 0 Å². The minimum atomic E-state index is 0.333. The summed E-state index contributed by atoms with van der Waals surface area (Å²) in [5.41, 5.74) is 19.6. The van der Waals surface area contributed by atoms with Gasteiger partial charge in [-0.3, -0.25) is 0 Å². The molecule has 13 heteroatoms. The minimum absolute atomic E-state index is 0.333. The van der Waals surface area contributed by atoms with Crippen molar-refractivity contribution in [3.8, 4) is 44.7 Å². The van der Waals surface area contributed by atoms with Crippen molar-refractivity contribution in [2.24, 2.45) is 13.0 Å². The molecule has 0 radical (unpaired) electrons. The molecule has 12 nitrogen and oxygen atoms in total. The van der Waals surface area contributed by atoms with Crippen molar-refractivity contribution < 1.29 is 4.42 Å². The highest BCUT2D eigenvalue weighted by Crippen LogP contribution is 2.38. The molecule has 0 unspecified atom stereocenters. The van der Waals surface area contributed by atoms with E-state index in [1.165, 1.54) is 44.8 Å². The number of furan rings is 1. The zero-order valence-corrected chi connectivity index (χ0v) is 28.3. The van der Waals surface area contributed by atoms with Crippen molar-refractivity contribution in [1.82, 2.24) is 44.0 Å². The van der Waals surface area contributed by atoms with Crippen LogP contribution in [0.3, 0.4) is 0 Å². The second-order valence-electron chi connectivity index (χ2n) is 12.4. The number of thiazole rings is 1. The van der Waals surface area contributed by atoms with Crippen LogP contribution >= 0.6 is 11.3 Å². The third-order valence-corrected chi connectivity index (χ3v) is 10.0. The van der Waals surface area contributed by atoms with Crippen molar-refractivity contribution in [3.05, 3.63) is 92.0 Å². The Balaban J connectivity index is 0.000000149. The van der Waals surface area contributed by atoms with Gasteiger partial charge < -0.3 is 25.0 Å². The van der Waals surface area contributed by atoms with Crippen molar-refractivity contribution in [1.29, 1.82) is 0 Å². The molecule has 1 aliphatic carbocycles. The first kappa shape index (κ1) is 31.3. The lowest BCUT2D eigenvalue weighted by Gasteiger charge is -2.22. The highest BCUT2D eigenvalue weighted by atomic mass is 32.1. The molecule has 1 fully saturated rings. The van der Waals surface area contributed by atoms with E-state index in [1.54, 1.807) is 17.7 Å². The van der Waals surface area contributed by atoms with Gasteiger partial charge in [-0.1, -0.05) is 91.3 Å². The van der Waals surface area contributed by atoms with E-state index in [-0.39, 0.29) is 0 Å². The number of aryl methyl sites for hydroxylation is 1. The van der Waals surface area contributed by atoms with E-state index in [4.69, 9.17) is 25.9 Å². The van der Waals surface area contributed by atoms with Crippen molar-refractivity contribution in [3.63, 3.8) is 0 Å². The maximum Gasteiger partial charge on any atom is 0.195 e. The summed E-state index contributed by atoms with van der Waals surface area (Å²) in [5.74, 6) is 2.12. The van der Waals surface area contributed by atoms with E-state index in [0.29, 0.717) is 39.9 Å². The van der Waals surface area contributed by atoms with Crippen molar-refractivity contribution >= 4 is 44.4 Å². The molecule has 8 aromatic rings. The normalized spacial score (nSPS) is 13.5. The number of benzene rings is 2. The largest absolute Gasteiger partial charge is 0.449 e. The van der Waals surface area contributed by atoms with Gasteiger partial charge in [0.05, 0.1) is 24.0 Å². The molecule has 1 saturated carbocycles. The summed E-state index contributed by atoms with van der Waals surface area (Å²) in [4.78, 5) is 31.5. The van der Waals surface area contributed by atoms with Gasteiger partial charge in [-0.05, 0) is 18.8 Å². The fraction of sp³-hybridized carbons (Fsp3) is 0.216. The lowest BCUT2D eigenvalue weighted by Crippen LogP contribution is -2.14. The Kier molecular flexibility index (Phi) is 8.47. The Morgan fingerprint density at radius 1 is 0.760 bits per heavy atom. The molecule has 0 bridgehead atoms. The van der Waals surface area contributed by atoms with Gasteiger partial charge in [0, 0.05) is 30.8 Å². The van der Waals surface area contributed by atoms with Crippen LogP contribution in [0.15, 0.2) is 96.5 Å². The number of anilines is 2. The van der Waals surface area contributed by atoms with Gasteiger partial charge in [0.15, 0.2) is 23.0 Å². The first-order valence-electron chi connectivity index (χ1n) is 16.6. The molecule has 2 aromatic carbocycles. The number of rotatable bonds is 6. The van der Waals surface area contributed by atoms with Crippen LogP contribution in [0.1, 0.15) is 32.1 Å². The van der Waals surface area contributed by atoms with E-state index in [0.717, 1.165) is 50.3 Å². The molecular formula is C37H35N11OS. The van der Waals surface area contributed by atoms with E-state index in [1.807, 2.05) is 72.5 Å². The Morgan fingerprint density at radius 3 is 2.12 bits per heavy atom. The van der Waals surface area contributed by atoms with Crippen molar-refractivity contribution in [2.45, 2.75) is 38.6 Å². The molecular weight excluding hydrogens is 647 g/mol. The highest BCUT2D eigenvalue weighted by Gasteiger charge is 2.23. The Bertz CT molecular complexity index is 2390. The molecule has 0 aliphatic heterocycles. The Morgan fingerprint density at radius 2 is 1.42 bits per heavy atom. The number of hydrogen-bond acceptors (Lipinski definition) is 11. The summed E-state index contributed by atoms with van der Waals surface area (Å²) in [6.07, 6.45) is 13.2. The van der Waals surface area contributed by atoms with Gasteiger partial charge in [-0.25, -0.2) is 34.9 Å². The van der Waals surface area contributed by atoms with Crippen LogP contribution in [-0.2, 0) is 13.6 Å². The van der Waals surface area contributed by atoms with Crippen molar-refractivity contribution in [2.75, 3.05) is 11.5 Å². The lowest BCUT2D eigenvalue weighted by molar-refractivity contribution is 0.320. The van der Waals surface area contributed by atoms with E-state index in [2.05, 4.69) is 41.6 Å². The van der Waals surface area contributed by atoms with E-state index >= 15 is 0 Å². The minimum Gasteiger partial charge on any atom is -0.449 e. The third-order valence-electron chi connectivity index (χ3n) is 9.05. The van der Waals surface area contributed by atoms with Crippen LogP contribution in [-0.4, -0.2) is 44.0 Å². The Labute approximate surface area is 291 Å². The van der Waals surface area contributed by atoms with Gasteiger partial charge in [0.2, 0.25) is 0 Å². The number of aromatic nitrogens is 9. The summed E-state index contributed by atoms with van der Waals surface area (Å²) < 4.78 is 10.1. The maximum atomic E-state index is 6.03. The summed E-state index contributed by atoms with van der Waals surface area (Å²) in [5, 5.41) is 0.898. The average Bonchev–Trinajstić information content (AvgIpc) is 3.95. The monoisotopic (exact) mass is 681 g/mol. The smallest absolute Gasteiger partial charge is 0.195 e. The topological polar surface area (TPSA) is 165 Å². The molecule has 9 rings (SSSR count). The van der Waals surface area contributed by atoms with Crippen LogP contribution < -0.4 is 11.5 Å². The summed E-state index contributed by atoms with van der Waals surface area (Å²) >= 11 is 1.55. The van der Waals surface area contributed by atoms with Gasteiger partial charge >= 0.3 is 0 Å². The summed E-state index contributed by atoms with van der Waals surface area (Å²) in [6, 6.07) is 22.1. The first-order valence-corrected chi connectivity index (χ1v) is 17.4. The molecule has 4 N–H and O–H groups in total. The number of nitrogens with two attached hydrogens (primary N) is 2. The lowest BCUT2D eigenvalue weighted by atomic mass is 9.89. The standard InChI is InChI=1S/C21H22N6S.C16H13N5O/c22-19-17-20(24-12-23-19)28-21(26-17)18-16(15-9-5-2-6-10-15)25-13-27(18)11-14-7-3-1-4-8-14;1-21-9-20-13(10-5-3-2-4-6-10)14(21)12-7-11-15(22-12)16(17)19-8-18-11/h2,5-6,9-10,12-14H,1,3-4,7-8,11H2,(H2,22,23,24);2-9H,1H3,(H2,17,18,19). The predicted molar refractivity (Wildman–Crippen MR) is 197 cm³/mol. The van der Waals surface area contributed by atoms with E-state index < -0.39 is 0 Å². The quantitative estimate of drug-likeness (QED) is 0.178. The van der Waals surface area contributed by atoms with E-state index in [9.17, 15) is 0 Å². The number of nitrogens with zero attached hydrogens (tertiary/aromatic N) is 9. The molecule has 6 aromatic heterocycles. The molecule has 0 amide bonds.